The highest BCUT2D eigenvalue weighted by Crippen LogP contribution is 2.38. The third-order valence-corrected chi connectivity index (χ3v) is 6.89. The minimum atomic E-state index is -0.947. The number of methoxy groups -OCH3 is 1. The Morgan fingerprint density at radius 3 is 2.49 bits per heavy atom. The Morgan fingerprint density at radius 2 is 1.81 bits per heavy atom. The summed E-state index contributed by atoms with van der Waals surface area (Å²) in [7, 11) is 1.58. The standard InChI is InChI=1S/C31H35NO5/c1-21(2)23-11-9-22(10-12-23)18-31(3)19-26-17-24(13-14-28(26)37-31)30(35)32(16-15-29(33)34)20-25-7-5-6-8-27(25)36-4/h5-14,17,21H,15-16,18-20H2,1-4H3,(H,33,34)/t31-/m1/s1. The van der Waals surface area contributed by atoms with E-state index >= 15 is 0 Å². The van der Waals surface area contributed by atoms with E-state index in [1.54, 1.807) is 18.1 Å². The zero-order valence-electron chi connectivity index (χ0n) is 22.0. The van der Waals surface area contributed by atoms with Crippen LogP contribution in [0.1, 0.15) is 65.7 Å². The van der Waals surface area contributed by atoms with Gasteiger partial charge in [0.05, 0.1) is 13.5 Å². The van der Waals surface area contributed by atoms with Crippen LogP contribution in [-0.4, -0.2) is 41.1 Å². The molecule has 6 nitrogen and oxygen atoms in total. The molecule has 0 unspecified atom stereocenters. The Kier molecular flexibility index (Phi) is 7.86. The van der Waals surface area contributed by atoms with Crippen molar-refractivity contribution in [3.63, 3.8) is 0 Å². The van der Waals surface area contributed by atoms with Gasteiger partial charge in [0.1, 0.15) is 17.1 Å². The van der Waals surface area contributed by atoms with Crippen LogP contribution in [0.4, 0.5) is 0 Å². The molecule has 0 bridgehead atoms. The number of carbonyl (C=O) groups excluding carboxylic acids is 1. The van der Waals surface area contributed by atoms with Gasteiger partial charge in [0.15, 0.2) is 0 Å². The summed E-state index contributed by atoms with van der Waals surface area (Å²) in [6.07, 6.45) is 1.32. The molecule has 3 aromatic rings. The molecule has 1 atom stereocenters. The summed E-state index contributed by atoms with van der Waals surface area (Å²) >= 11 is 0. The van der Waals surface area contributed by atoms with Gasteiger partial charge < -0.3 is 19.5 Å². The van der Waals surface area contributed by atoms with E-state index in [9.17, 15) is 14.7 Å². The van der Waals surface area contributed by atoms with Crippen molar-refractivity contribution in [2.24, 2.45) is 0 Å². The fourth-order valence-electron chi connectivity index (χ4n) is 4.91. The molecule has 1 heterocycles. The number of hydrogen-bond donors (Lipinski definition) is 1. The molecule has 3 aromatic carbocycles. The van der Waals surface area contributed by atoms with Gasteiger partial charge in [-0.05, 0) is 53.8 Å². The first kappa shape index (κ1) is 26.3. The first-order valence-corrected chi connectivity index (χ1v) is 12.7. The molecule has 0 aromatic heterocycles. The molecule has 1 aliphatic rings. The van der Waals surface area contributed by atoms with Crippen molar-refractivity contribution < 1.29 is 24.2 Å². The smallest absolute Gasteiger partial charge is 0.305 e. The number of carboxylic acids is 1. The van der Waals surface area contributed by atoms with E-state index in [1.165, 1.54) is 11.1 Å². The lowest BCUT2D eigenvalue weighted by Gasteiger charge is -2.24. The zero-order valence-corrected chi connectivity index (χ0v) is 22.0. The molecule has 194 valence electrons. The monoisotopic (exact) mass is 501 g/mol. The van der Waals surface area contributed by atoms with Gasteiger partial charge in [0.2, 0.25) is 0 Å². The quantitative estimate of drug-likeness (QED) is 0.376. The molecule has 0 spiro atoms. The summed E-state index contributed by atoms with van der Waals surface area (Å²) in [4.78, 5) is 26.4. The van der Waals surface area contributed by atoms with E-state index in [0.29, 0.717) is 23.7 Å². The van der Waals surface area contributed by atoms with Gasteiger partial charge in [0, 0.05) is 37.1 Å². The first-order valence-electron chi connectivity index (χ1n) is 12.7. The molecule has 0 saturated carbocycles. The van der Waals surface area contributed by atoms with E-state index in [4.69, 9.17) is 9.47 Å². The topological polar surface area (TPSA) is 76.1 Å². The van der Waals surface area contributed by atoms with Crippen LogP contribution in [0.15, 0.2) is 66.7 Å². The molecule has 37 heavy (non-hydrogen) atoms. The molecule has 0 saturated heterocycles. The number of ether oxygens (including phenoxy) is 2. The number of para-hydroxylation sites is 1. The second-order valence-electron chi connectivity index (χ2n) is 10.3. The highest BCUT2D eigenvalue weighted by atomic mass is 16.5. The van der Waals surface area contributed by atoms with Crippen molar-refractivity contribution in [2.75, 3.05) is 13.7 Å². The number of benzene rings is 3. The maximum Gasteiger partial charge on any atom is 0.305 e. The summed E-state index contributed by atoms with van der Waals surface area (Å²) in [5.41, 5.74) is 4.46. The number of carbonyl (C=O) groups is 2. The average Bonchev–Trinajstić information content (AvgIpc) is 3.21. The summed E-state index contributed by atoms with van der Waals surface area (Å²) < 4.78 is 11.8. The highest BCUT2D eigenvalue weighted by molar-refractivity contribution is 5.95. The van der Waals surface area contributed by atoms with Crippen LogP contribution >= 0.6 is 0 Å². The summed E-state index contributed by atoms with van der Waals surface area (Å²) in [6, 6.07) is 21.7. The van der Waals surface area contributed by atoms with Crippen molar-refractivity contribution in [3.8, 4) is 11.5 Å². The van der Waals surface area contributed by atoms with Crippen molar-refractivity contribution in [1.29, 1.82) is 0 Å². The number of rotatable bonds is 10. The summed E-state index contributed by atoms with van der Waals surface area (Å²) in [5.74, 6) is 0.783. The molecule has 0 radical (unpaired) electrons. The van der Waals surface area contributed by atoms with E-state index < -0.39 is 11.6 Å². The lowest BCUT2D eigenvalue weighted by Crippen LogP contribution is -2.33. The van der Waals surface area contributed by atoms with Crippen molar-refractivity contribution in [3.05, 3.63) is 94.5 Å². The number of amides is 1. The van der Waals surface area contributed by atoms with E-state index in [1.807, 2.05) is 36.4 Å². The van der Waals surface area contributed by atoms with Crippen LogP contribution in [0.3, 0.4) is 0 Å². The Morgan fingerprint density at radius 1 is 1.08 bits per heavy atom. The molecule has 1 N–H and O–H groups in total. The van der Waals surface area contributed by atoms with Gasteiger partial charge in [-0.2, -0.15) is 0 Å². The van der Waals surface area contributed by atoms with Gasteiger partial charge in [-0.1, -0.05) is 56.3 Å². The predicted molar refractivity (Wildman–Crippen MR) is 143 cm³/mol. The molecule has 4 rings (SSSR count). The van der Waals surface area contributed by atoms with Gasteiger partial charge in [-0.15, -0.1) is 0 Å². The van der Waals surface area contributed by atoms with Gasteiger partial charge in [0.25, 0.3) is 5.91 Å². The second-order valence-corrected chi connectivity index (χ2v) is 10.3. The highest BCUT2D eigenvalue weighted by Gasteiger charge is 2.35. The third-order valence-electron chi connectivity index (χ3n) is 6.89. The normalized spacial score (nSPS) is 16.2. The van der Waals surface area contributed by atoms with Crippen LogP contribution in [0.2, 0.25) is 0 Å². The molecule has 6 heteroatoms. The van der Waals surface area contributed by atoms with Gasteiger partial charge in [-0.25, -0.2) is 0 Å². The maximum absolute atomic E-state index is 13.6. The summed E-state index contributed by atoms with van der Waals surface area (Å²) in [5, 5.41) is 9.25. The Balaban J connectivity index is 1.52. The Bertz CT molecular complexity index is 1270. The number of nitrogens with zero attached hydrogens (tertiary/aromatic N) is 1. The SMILES string of the molecule is COc1ccccc1CN(CCC(=O)O)C(=O)c1ccc2c(c1)C[C@@](C)(Cc1ccc(C(C)C)cc1)O2. The lowest BCUT2D eigenvalue weighted by molar-refractivity contribution is -0.137. The van der Waals surface area contributed by atoms with Crippen molar-refractivity contribution in [2.45, 2.75) is 58.1 Å². The molecular weight excluding hydrogens is 466 g/mol. The second kappa shape index (κ2) is 11.1. The number of aliphatic carboxylic acids is 1. The van der Waals surface area contributed by atoms with Crippen LogP contribution in [0.5, 0.6) is 11.5 Å². The first-order chi connectivity index (χ1) is 17.7. The lowest BCUT2D eigenvalue weighted by atomic mass is 9.90. The fourth-order valence-corrected chi connectivity index (χ4v) is 4.91. The van der Waals surface area contributed by atoms with Crippen LogP contribution in [0.25, 0.3) is 0 Å². The minimum absolute atomic E-state index is 0.101. The van der Waals surface area contributed by atoms with Gasteiger partial charge in [-0.3, -0.25) is 9.59 Å². The molecular formula is C31H35NO5. The van der Waals surface area contributed by atoms with Gasteiger partial charge >= 0.3 is 5.97 Å². The van der Waals surface area contributed by atoms with E-state index in [0.717, 1.165) is 23.3 Å². The minimum Gasteiger partial charge on any atom is -0.496 e. The zero-order chi connectivity index (χ0) is 26.6. The third kappa shape index (κ3) is 6.31. The van der Waals surface area contributed by atoms with E-state index in [-0.39, 0.29) is 25.4 Å². The largest absolute Gasteiger partial charge is 0.496 e. The molecule has 1 amide bonds. The van der Waals surface area contributed by atoms with Crippen LogP contribution in [0, 0.1) is 0 Å². The maximum atomic E-state index is 13.6. The van der Waals surface area contributed by atoms with Crippen LogP contribution < -0.4 is 9.47 Å². The van der Waals surface area contributed by atoms with Crippen LogP contribution in [-0.2, 0) is 24.2 Å². The number of carboxylic acid groups (broad SMARTS) is 1. The molecule has 1 aliphatic heterocycles. The average molecular weight is 502 g/mol. The van der Waals surface area contributed by atoms with Crippen molar-refractivity contribution in [1.82, 2.24) is 4.90 Å². The fraction of sp³-hybridized carbons (Fsp3) is 0.355. The number of fused-ring (bicyclic) bond motifs is 1. The molecule has 0 aliphatic carbocycles. The summed E-state index contributed by atoms with van der Waals surface area (Å²) in [6.45, 7) is 6.83. The number of hydrogen-bond acceptors (Lipinski definition) is 4. The Labute approximate surface area is 218 Å². The Hall–Kier alpha value is -3.80. The molecule has 0 fully saturated rings. The van der Waals surface area contributed by atoms with Crippen molar-refractivity contribution >= 4 is 11.9 Å². The predicted octanol–water partition coefficient (Wildman–Crippen LogP) is 5.87. The van der Waals surface area contributed by atoms with E-state index in [2.05, 4.69) is 45.0 Å².